The molecule has 2 fully saturated rings. The molecule has 0 bridgehead atoms. The molecule has 0 saturated heterocycles. The molecule has 5 heteroatoms. The monoisotopic (exact) mass is 246 g/mol. The zero-order valence-corrected chi connectivity index (χ0v) is 9.89. The van der Waals surface area contributed by atoms with Crippen LogP contribution in [0.3, 0.4) is 0 Å². The van der Waals surface area contributed by atoms with Gasteiger partial charge in [-0.1, -0.05) is 6.42 Å². The molecule has 3 rings (SSSR count). The molecule has 1 aromatic carbocycles. The summed E-state index contributed by atoms with van der Waals surface area (Å²) in [5.74, 6) is 0.213. The first-order valence-corrected chi connectivity index (χ1v) is 6.16. The summed E-state index contributed by atoms with van der Waals surface area (Å²) in [5, 5.41) is 13.3. The number of rotatable bonds is 3. The molecular formula is C13H14N2O3. The Labute approximate surface area is 104 Å². The van der Waals surface area contributed by atoms with Gasteiger partial charge in [-0.15, -0.1) is 0 Å². The van der Waals surface area contributed by atoms with Crippen molar-refractivity contribution in [3.05, 3.63) is 34.4 Å². The molecule has 2 aliphatic carbocycles. The fraction of sp³-hybridized carbons (Fsp3) is 0.462. The maximum Gasteiger partial charge on any atom is 0.269 e. The molecular weight excluding hydrogens is 232 g/mol. The molecule has 0 aliphatic heterocycles. The number of carbonyl (C=O) groups is 1. The van der Waals surface area contributed by atoms with Crippen LogP contribution in [0.1, 0.15) is 25.7 Å². The van der Waals surface area contributed by atoms with Gasteiger partial charge in [0.1, 0.15) is 0 Å². The quantitative estimate of drug-likeness (QED) is 0.658. The third-order valence-corrected chi connectivity index (χ3v) is 4.20. The molecule has 1 amide bonds. The van der Waals surface area contributed by atoms with E-state index in [2.05, 4.69) is 5.32 Å². The number of amides is 1. The Hall–Kier alpha value is -1.91. The van der Waals surface area contributed by atoms with E-state index in [0.29, 0.717) is 11.1 Å². The fourth-order valence-corrected chi connectivity index (χ4v) is 2.80. The van der Waals surface area contributed by atoms with Crippen LogP contribution in [0.25, 0.3) is 0 Å². The van der Waals surface area contributed by atoms with Crippen molar-refractivity contribution in [2.45, 2.75) is 25.7 Å². The van der Waals surface area contributed by atoms with E-state index in [9.17, 15) is 14.9 Å². The molecule has 1 spiro atoms. The largest absolute Gasteiger partial charge is 0.326 e. The van der Waals surface area contributed by atoms with Crippen molar-refractivity contribution < 1.29 is 9.72 Å². The number of nitro groups is 1. The second-order valence-corrected chi connectivity index (χ2v) is 5.27. The van der Waals surface area contributed by atoms with E-state index >= 15 is 0 Å². The van der Waals surface area contributed by atoms with Crippen LogP contribution in [-0.2, 0) is 4.79 Å². The van der Waals surface area contributed by atoms with Gasteiger partial charge in [-0.05, 0) is 36.8 Å². The highest BCUT2D eigenvalue weighted by Gasteiger charge is 2.60. The van der Waals surface area contributed by atoms with E-state index in [1.807, 2.05) is 0 Å². The number of hydrogen-bond acceptors (Lipinski definition) is 3. The normalized spacial score (nSPS) is 23.2. The van der Waals surface area contributed by atoms with Gasteiger partial charge in [-0.2, -0.15) is 0 Å². The molecule has 18 heavy (non-hydrogen) atoms. The van der Waals surface area contributed by atoms with E-state index in [-0.39, 0.29) is 17.5 Å². The van der Waals surface area contributed by atoms with Crippen LogP contribution in [0.2, 0.25) is 0 Å². The minimum Gasteiger partial charge on any atom is -0.326 e. The van der Waals surface area contributed by atoms with Gasteiger partial charge in [0.25, 0.3) is 5.69 Å². The van der Waals surface area contributed by atoms with Crippen LogP contribution in [0.15, 0.2) is 24.3 Å². The minimum atomic E-state index is -0.449. The first-order chi connectivity index (χ1) is 8.61. The Balaban J connectivity index is 1.62. The molecule has 94 valence electrons. The Morgan fingerprint density at radius 1 is 1.33 bits per heavy atom. The van der Waals surface area contributed by atoms with Gasteiger partial charge in [-0.25, -0.2) is 0 Å². The van der Waals surface area contributed by atoms with E-state index in [1.54, 1.807) is 12.1 Å². The average Bonchev–Trinajstić information content (AvgIpc) is 3.05. The molecule has 0 aromatic heterocycles. The SMILES string of the molecule is O=C(Nc1ccc([N+](=O)[O-])cc1)[C@@H]1CC12CCC2. The zero-order chi connectivity index (χ0) is 12.8. The first kappa shape index (κ1) is 11.2. The van der Waals surface area contributed by atoms with Crippen molar-refractivity contribution >= 4 is 17.3 Å². The van der Waals surface area contributed by atoms with Gasteiger partial charge >= 0.3 is 0 Å². The molecule has 5 nitrogen and oxygen atoms in total. The number of nitrogens with one attached hydrogen (secondary N) is 1. The van der Waals surface area contributed by atoms with E-state index in [1.165, 1.54) is 31.4 Å². The van der Waals surface area contributed by atoms with Crippen molar-refractivity contribution in [3.63, 3.8) is 0 Å². The number of non-ortho nitro benzene ring substituents is 1. The Kier molecular flexibility index (Phi) is 2.36. The number of anilines is 1. The Morgan fingerprint density at radius 2 is 2.00 bits per heavy atom. The first-order valence-electron chi connectivity index (χ1n) is 6.16. The van der Waals surface area contributed by atoms with Crippen molar-refractivity contribution in [1.29, 1.82) is 0 Å². The summed E-state index contributed by atoms with van der Waals surface area (Å²) < 4.78 is 0. The van der Waals surface area contributed by atoms with Crippen LogP contribution >= 0.6 is 0 Å². The predicted molar refractivity (Wildman–Crippen MR) is 66.1 cm³/mol. The summed E-state index contributed by atoms with van der Waals surface area (Å²) in [6.45, 7) is 0. The summed E-state index contributed by atoms with van der Waals surface area (Å²) in [5.41, 5.74) is 0.979. The number of nitro benzene ring substituents is 1. The zero-order valence-electron chi connectivity index (χ0n) is 9.89. The number of nitrogens with zero attached hydrogens (tertiary/aromatic N) is 1. The molecule has 0 heterocycles. The summed E-state index contributed by atoms with van der Waals surface area (Å²) in [7, 11) is 0. The molecule has 0 radical (unpaired) electrons. The summed E-state index contributed by atoms with van der Waals surface area (Å²) >= 11 is 0. The van der Waals surface area contributed by atoms with Gasteiger partial charge in [0, 0.05) is 23.7 Å². The van der Waals surface area contributed by atoms with E-state index < -0.39 is 4.92 Å². The van der Waals surface area contributed by atoms with Crippen LogP contribution in [0.4, 0.5) is 11.4 Å². The lowest BCUT2D eigenvalue weighted by Gasteiger charge is -2.26. The molecule has 2 saturated carbocycles. The maximum absolute atomic E-state index is 12.0. The lowest BCUT2D eigenvalue weighted by molar-refractivity contribution is -0.384. The number of hydrogen-bond donors (Lipinski definition) is 1. The lowest BCUT2D eigenvalue weighted by Crippen LogP contribution is -2.23. The maximum atomic E-state index is 12.0. The topological polar surface area (TPSA) is 72.2 Å². The third-order valence-electron chi connectivity index (χ3n) is 4.20. The standard InChI is InChI=1S/C13H14N2O3/c16-12(11-8-13(11)6-1-7-13)14-9-2-4-10(5-3-9)15(17)18/h2-5,11H,1,6-8H2,(H,14,16)/t11-/m0/s1. The second-order valence-electron chi connectivity index (χ2n) is 5.27. The lowest BCUT2D eigenvalue weighted by atomic mass is 9.79. The highest BCUT2D eigenvalue weighted by Crippen LogP contribution is 2.65. The summed E-state index contributed by atoms with van der Waals surface area (Å²) in [6, 6.07) is 5.96. The van der Waals surface area contributed by atoms with Gasteiger partial charge in [-0.3, -0.25) is 14.9 Å². The Bertz CT molecular complexity index is 505. The number of carbonyl (C=O) groups excluding carboxylic acids is 1. The van der Waals surface area contributed by atoms with Crippen LogP contribution in [0.5, 0.6) is 0 Å². The fourth-order valence-electron chi connectivity index (χ4n) is 2.80. The molecule has 1 aromatic rings. The molecule has 1 N–H and O–H groups in total. The smallest absolute Gasteiger partial charge is 0.269 e. The van der Waals surface area contributed by atoms with Crippen molar-refractivity contribution in [3.8, 4) is 0 Å². The van der Waals surface area contributed by atoms with Gasteiger partial charge < -0.3 is 5.32 Å². The van der Waals surface area contributed by atoms with E-state index in [4.69, 9.17) is 0 Å². The Morgan fingerprint density at radius 3 is 2.44 bits per heavy atom. The van der Waals surface area contributed by atoms with Crippen LogP contribution in [0, 0.1) is 21.4 Å². The summed E-state index contributed by atoms with van der Waals surface area (Å²) in [4.78, 5) is 22.0. The van der Waals surface area contributed by atoms with Crippen molar-refractivity contribution in [1.82, 2.24) is 0 Å². The minimum absolute atomic E-state index is 0.0369. The second kappa shape index (κ2) is 3.80. The molecule has 1 atom stereocenters. The van der Waals surface area contributed by atoms with Gasteiger partial charge in [0.15, 0.2) is 0 Å². The summed E-state index contributed by atoms with van der Waals surface area (Å²) in [6.07, 6.45) is 4.59. The van der Waals surface area contributed by atoms with Crippen LogP contribution < -0.4 is 5.32 Å². The van der Waals surface area contributed by atoms with E-state index in [0.717, 1.165) is 6.42 Å². The van der Waals surface area contributed by atoms with Crippen molar-refractivity contribution in [2.75, 3.05) is 5.32 Å². The average molecular weight is 246 g/mol. The number of benzene rings is 1. The van der Waals surface area contributed by atoms with Crippen molar-refractivity contribution in [2.24, 2.45) is 11.3 Å². The molecule has 0 unspecified atom stereocenters. The van der Waals surface area contributed by atoms with Crippen LogP contribution in [-0.4, -0.2) is 10.8 Å². The van der Waals surface area contributed by atoms with Gasteiger partial charge in [0.2, 0.25) is 5.91 Å². The highest BCUT2D eigenvalue weighted by atomic mass is 16.6. The van der Waals surface area contributed by atoms with Gasteiger partial charge in [0.05, 0.1) is 4.92 Å². The molecule has 2 aliphatic rings. The highest BCUT2D eigenvalue weighted by molar-refractivity contribution is 5.95. The predicted octanol–water partition coefficient (Wildman–Crippen LogP) is 2.72. The third kappa shape index (κ3) is 1.75.